The molecule has 1 heterocycles. The number of carbonyl (C=O) groups excluding carboxylic acids is 1. The summed E-state index contributed by atoms with van der Waals surface area (Å²) in [5.41, 5.74) is 4.95. The number of hydrogen-bond acceptors (Lipinski definition) is 4. The molecular formula is C23H26N2O2. The quantitative estimate of drug-likeness (QED) is 0.777. The molecule has 0 unspecified atom stereocenters. The highest BCUT2D eigenvalue weighted by Gasteiger charge is 2.38. The Kier molecular flexibility index (Phi) is 4.42. The number of Topliss-reactive ketones (excluding diaryl/α,β-unsaturated/α-hetero) is 1. The first kappa shape index (κ1) is 17.7. The summed E-state index contributed by atoms with van der Waals surface area (Å²) in [4.78, 5) is 13.1. The van der Waals surface area contributed by atoms with Gasteiger partial charge in [-0.2, -0.15) is 0 Å². The van der Waals surface area contributed by atoms with E-state index in [-0.39, 0.29) is 17.2 Å². The number of rotatable bonds is 3. The van der Waals surface area contributed by atoms with Gasteiger partial charge in [0.15, 0.2) is 5.78 Å². The lowest BCUT2D eigenvalue weighted by atomic mass is 9.73. The van der Waals surface area contributed by atoms with Crippen molar-refractivity contribution in [3.05, 3.63) is 65.4 Å². The van der Waals surface area contributed by atoms with Crippen LogP contribution in [0.5, 0.6) is 5.75 Å². The number of anilines is 2. The van der Waals surface area contributed by atoms with Crippen LogP contribution in [-0.2, 0) is 4.79 Å². The van der Waals surface area contributed by atoms with Gasteiger partial charge in [-0.15, -0.1) is 0 Å². The Morgan fingerprint density at radius 1 is 1.04 bits per heavy atom. The molecule has 0 bridgehead atoms. The van der Waals surface area contributed by atoms with E-state index in [1.807, 2.05) is 43.3 Å². The number of nitrogens with one attached hydrogen (secondary N) is 2. The molecule has 1 aliphatic carbocycles. The Hall–Kier alpha value is -2.75. The van der Waals surface area contributed by atoms with Gasteiger partial charge in [0.25, 0.3) is 0 Å². The van der Waals surface area contributed by atoms with Crippen molar-refractivity contribution >= 4 is 17.2 Å². The van der Waals surface area contributed by atoms with Crippen LogP contribution in [-0.4, -0.2) is 12.4 Å². The number of fused-ring (bicyclic) bond motifs is 1. The lowest BCUT2D eigenvalue weighted by Crippen LogP contribution is -2.31. The number of carbonyl (C=O) groups is 1. The number of allylic oxidation sites excluding steroid dienone is 1. The minimum atomic E-state index is -0.171. The zero-order valence-electron chi connectivity index (χ0n) is 16.1. The van der Waals surface area contributed by atoms with Crippen LogP contribution in [0.2, 0.25) is 0 Å². The lowest BCUT2D eigenvalue weighted by molar-refractivity contribution is -0.118. The van der Waals surface area contributed by atoms with E-state index >= 15 is 0 Å². The summed E-state index contributed by atoms with van der Waals surface area (Å²) in [6.07, 6.45) is 1.43. The molecule has 2 aromatic carbocycles. The van der Waals surface area contributed by atoms with E-state index in [0.29, 0.717) is 13.0 Å². The van der Waals surface area contributed by atoms with Crippen molar-refractivity contribution in [1.29, 1.82) is 0 Å². The van der Waals surface area contributed by atoms with Gasteiger partial charge in [-0.25, -0.2) is 0 Å². The summed E-state index contributed by atoms with van der Waals surface area (Å²) in [6.45, 7) is 6.93. The predicted molar refractivity (Wildman–Crippen MR) is 109 cm³/mol. The maximum atomic E-state index is 13.1. The largest absolute Gasteiger partial charge is 0.494 e. The number of hydrogen-bond donors (Lipinski definition) is 2. The Morgan fingerprint density at radius 2 is 1.74 bits per heavy atom. The highest BCUT2D eigenvalue weighted by Crippen LogP contribution is 2.45. The van der Waals surface area contributed by atoms with E-state index in [4.69, 9.17) is 4.74 Å². The van der Waals surface area contributed by atoms with Gasteiger partial charge < -0.3 is 15.4 Å². The van der Waals surface area contributed by atoms with E-state index < -0.39 is 0 Å². The van der Waals surface area contributed by atoms with Crippen molar-refractivity contribution < 1.29 is 9.53 Å². The van der Waals surface area contributed by atoms with Crippen LogP contribution < -0.4 is 15.4 Å². The van der Waals surface area contributed by atoms with Crippen LogP contribution in [0, 0.1) is 5.41 Å². The fourth-order valence-corrected chi connectivity index (χ4v) is 4.06. The molecule has 0 fully saturated rings. The molecule has 2 aliphatic rings. The van der Waals surface area contributed by atoms with E-state index in [1.54, 1.807) is 0 Å². The monoisotopic (exact) mass is 362 g/mol. The maximum Gasteiger partial charge on any atom is 0.163 e. The summed E-state index contributed by atoms with van der Waals surface area (Å²) in [7, 11) is 0. The second-order valence-electron chi connectivity index (χ2n) is 8.08. The standard InChI is InChI=1S/C23H26N2O2/c1-4-27-16-11-9-15(10-12-16)22-21-19(13-23(2,3)14-20(21)26)24-17-7-5-6-8-18(17)25-22/h5-12,22,24-25H,4,13-14H2,1-3H3/t22-/m1/s1. The average Bonchev–Trinajstić information content (AvgIpc) is 2.78. The van der Waals surface area contributed by atoms with E-state index in [2.05, 4.69) is 36.6 Å². The fourth-order valence-electron chi connectivity index (χ4n) is 4.06. The van der Waals surface area contributed by atoms with Crippen LogP contribution in [0.1, 0.15) is 45.2 Å². The van der Waals surface area contributed by atoms with Crippen LogP contribution in [0.3, 0.4) is 0 Å². The topological polar surface area (TPSA) is 50.4 Å². The van der Waals surface area contributed by atoms with E-state index in [1.165, 1.54) is 0 Å². The molecule has 0 aromatic heterocycles. The molecular weight excluding hydrogens is 336 g/mol. The number of ketones is 1. The van der Waals surface area contributed by atoms with Gasteiger partial charge in [-0.05, 0) is 48.6 Å². The third-order valence-electron chi connectivity index (χ3n) is 5.25. The molecule has 1 aliphatic heterocycles. The van der Waals surface area contributed by atoms with Crippen molar-refractivity contribution in [2.24, 2.45) is 5.41 Å². The SMILES string of the molecule is CCOc1ccc([C@H]2Nc3ccccc3NC3=C2C(=O)CC(C)(C)C3)cc1. The van der Waals surface area contributed by atoms with Gasteiger partial charge in [0.05, 0.1) is 24.0 Å². The fraction of sp³-hybridized carbons (Fsp3) is 0.348. The van der Waals surface area contributed by atoms with Gasteiger partial charge in [-0.1, -0.05) is 38.1 Å². The molecule has 4 rings (SSSR count). The van der Waals surface area contributed by atoms with Crippen molar-refractivity contribution in [3.63, 3.8) is 0 Å². The lowest BCUT2D eigenvalue weighted by Gasteiger charge is -2.34. The van der Waals surface area contributed by atoms with Gasteiger partial charge in [0.1, 0.15) is 5.75 Å². The highest BCUT2D eigenvalue weighted by atomic mass is 16.5. The van der Waals surface area contributed by atoms with E-state index in [9.17, 15) is 4.79 Å². The van der Waals surface area contributed by atoms with Gasteiger partial charge in [0, 0.05) is 17.7 Å². The average molecular weight is 362 g/mol. The first-order valence-electron chi connectivity index (χ1n) is 9.58. The first-order valence-corrected chi connectivity index (χ1v) is 9.58. The van der Waals surface area contributed by atoms with Crippen LogP contribution in [0.4, 0.5) is 11.4 Å². The molecule has 2 N–H and O–H groups in total. The Balaban J connectivity index is 1.81. The van der Waals surface area contributed by atoms with Crippen molar-refractivity contribution in [3.8, 4) is 5.75 Å². The predicted octanol–water partition coefficient (Wildman–Crippen LogP) is 5.31. The van der Waals surface area contributed by atoms with Crippen molar-refractivity contribution in [2.75, 3.05) is 17.2 Å². The Morgan fingerprint density at radius 3 is 2.44 bits per heavy atom. The van der Waals surface area contributed by atoms with Crippen molar-refractivity contribution in [1.82, 2.24) is 0 Å². The summed E-state index contributed by atoms with van der Waals surface area (Å²) in [5, 5.41) is 7.15. The number of para-hydroxylation sites is 2. The number of benzene rings is 2. The molecule has 27 heavy (non-hydrogen) atoms. The zero-order chi connectivity index (χ0) is 19.0. The smallest absolute Gasteiger partial charge is 0.163 e. The summed E-state index contributed by atoms with van der Waals surface area (Å²) in [6, 6.07) is 16.0. The molecule has 0 spiro atoms. The Bertz CT molecular complexity index is 897. The molecule has 4 heteroatoms. The summed E-state index contributed by atoms with van der Waals surface area (Å²) < 4.78 is 5.57. The minimum Gasteiger partial charge on any atom is -0.494 e. The summed E-state index contributed by atoms with van der Waals surface area (Å²) >= 11 is 0. The first-order chi connectivity index (χ1) is 13.0. The second kappa shape index (κ2) is 6.76. The highest BCUT2D eigenvalue weighted by molar-refractivity contribution is 6.01. The second-order valence-corrected chi connectivity index (χ2v) is 8.08. The van der Waals surface area contributed by atoms with Crippen LogP contribution >= 0.6 is 0 Å². The van der Waals surface area contributed by atoms with E-state index in [0.717, 1.165) is 40.4 Å². The van der Waals surface area contributed by atoms with Crippen molar-refractivity contribution in [2.45, 2.75) is 39.7 Å². The maximum absolute atomic E-state index is 13.1. The minimum absolute atomic E-state index is 0.0361. The molecule has 0 saturated heterocycles. The Labute approximate surface area is 160 Å². The van der Waals surface area contributed by atoms with Crippen LogP contribution in [0.15, 0.2) is 59.8 Å². The van der Waals surface area contributed by atoms with Gasteiger partial charge in [-0.3, -0.25) is 4.79 Å². The molecule has 140 valence electrons. The van der Waals surface area contributed by atoms with Gasteiger partial charge in [0.2, 0.25) is 0 Å². The third kappa shape index (κ3) is 3.44. The molecule has 0 amide bonds. The molecule has 1 atom stereocenters. The van der Waals surface area contributed by atoms with Crippen LogP contribution in [0.25, 0.3) is 0 Å². The molecule has 2 aromatic rings. The van der Waals surface area contributed by atoms with Gasteiger partial charge >= 0.3 is 0 Å². The molecule has 0 saturated carbocycles. The third-order valence-corrected chi connectivity index (χ3v) is 5.25. The normalized spacial score (nSPS) is 20.7. The summed E-state index contributed by atoms with van der Waals surface area (Å²) in [5.74, 6) is 1.06. The molecule has 4 nitrogen and oxygen atoms in total. The molecule has 0 radical (unpaired) electrons. The number of ether oxygens (including phenoxy) is 1. The zero-order valence-corrected chi connectivity index (χ0v) is 16.1.